The fraction of sp³-hybridized carbons (Fsp3) is 0.360. The van der Waals surface area contributed by atoms with E-state index in [4.69, 9.17) is 29.5 Å². The second-order valence-corrected chi connectivity index (χ2v) is 19.4. The standard InChI is InChI=1S/C25H24FN7O5S.C13H12N6O3S.C12H14FNO3/c1-14-20-22(35)32(17-6-8-28-21(17)34)25(36)31(24(20)39-23(14)33-29-9-10-30-33)13-19(38-11-3-7-27)16-12-15(26)4-5-18(16)37-2;1-6-8-10(23-12(6)19-15-4-5-16-19)17-13(22)18(11(8)21)7-2-3-14-9(7)20;1-16-11-4-3-9(13)7-10(11)12(8-15)17-6-2-5-14/h4-5,9-10,12,17,19H,3,6,8,11,13H2,1-2H3,(H,28,34);4-5,7H,2-3H2,1H3,(H,14,20)(H,17,22);3-4,7,12,15H,2,6,8H2,1H3/t17-,19-;7-;12-/m000/s1. The monoisotopic (exact) mass is 1120 g/mol. The molecule has 10 rings (SSSR count). The van der Waals surface area contributed by atoms with Gasteiger partial charge in [-0.15, -0.1) is 9.59 Å². The maximum absolute atomic E-state index is 14.3. The van der Waals surface area contributed by atoms with Crippen LogP contribution in [0.1, 0.15) is 72.2 Å². The van der Waals surface area contributed by atoms with Gasteiger partial charge in [0.2, 0.25) is 11.8 Å². The Balaban J connectivity index is 0.000000173. The molecule has 2 fully saturated rings. The number of amides is 2. The molecule has 412 valence electrons. The van der Waals surface area contributed by atoms with Crippen molar-refractivity contribution < 1.29 is 42.4 Å². The molecule has 0 bridgehead atoms. The van der Waals surface area contributed by atoms with Gasteiger partial charge in [0.1, 0.15) is 67.1 Å². The van der Waals surface area contributed by atoms with Crippen LogP contribution in [0.3, 0.4) is 0 Å². The Bertz CT molecular complexity index is 3860. The third-order valence-corrected chi connectivity index (χ3v) is 15.2. The number of fused-ring (bicyclic) bond motifs is 2. The third-order valence-electron chi connectivity index (χ3n) is 12.7. The zero-order valence-electron chi connectivity index (χ0n) is 42.7. The van der Waals surface area contributed by atoms with Crippen molar-refractivity contribution in [2.45, 2.75) is 70.4 Å². The van der Waals surface area contributed by atoms with Crippen LogP contribution in [0.4, 0.5) is 8.78 Å². The summed E-state index contributed by atoms with van der Waals surface area (Å²) in [5, 5.41) is 50.2. The summed E-state index contributed by atoms with van der Waals surface area (Å²) in [6, 6.07) is 10.1. The van der Waals surface area contributed by atoms with Gasteiger partial charge in [0.15, 0.2) is 0 Å². The van der Waals surface area contributed by atoms with Gasteiger partial charge in [-0.1, -0.05) is 22.7 Å². The molecule has 0 spiro atoms. The number of thiophene rings is 2. The molecule has 25 nitrogen and oxygen atoms in total. The van der Waals surface area contributed by atoms with Crippen LogP contribution in [0, 0.1) is 48.1 Å². The number of halogens is 2. The van der Waals surface area contributed by atoms with Gasteiger partial charge in [0, 0.05) is 35.3 Å². The Labute approximate surface area is 453 Å². The summed E-state index contributed by atoms with van der Waals surface area (Å²) in [6.07, 6.45) is 5.42. The predicted octanol–water partition coefficient (Wildman–Crippen LogP) is 3.49. The average molecular weight is 1130 g/mol. The van der Waals surface area contributed by atoms with Crippen LogP contribution in [-0.4, -0.2) is 113 Å². The van der Waals surface area contributed by atoms with Crippen LogP contribution in [0.15, 0.2) is 80.4 Å². The molecule has 8 heterocycles. The molecule has 8 aromatic rings. The Morgan fingerprint density at radius 1 is 0.709 bits per heavy atom. The van der Waals surface area contributed by atoms with Crippen molar-refractivity contribution in [3.05, 3.63) is 137 Å². The van der Waals surface area contributed by atoms with E-state index in [1.165, 1.54) is 101 Å². The van der Waals surface area contributed by atoms with E-state index in [0.29, 0.717) is 78.3 Å². The summed E-state index contributed by atoms with van der Waals surface area (Å²) in [5.74, 6) is -0.918. The maximum atomic E-state index is 14.3. The van der Waals surface area contributed by atoms with Crippen molar-refractivity contribution in [1.29, 1.82) is 10.5 Å². The summed E-state index contributed by atoms with van der Waals surface area (Å²) in [4.78, 5) is 83.5. The Hall–Kier alpha value is -8.74. The molecule has 2 amide bonds. The number of carbonyl (C=O) groups is 2. The molecule has 79 heavy (non-hydrogen) atoms. The van der Waals surface area contributed by atoms with Crippen molar-refractivity contribution in [2.75, 3.05) is 47.1 Å². The van der Waals surface area contributed by atoms with E-state index in [9.17, 15) is 42.7 Å². The summed E-state index contributed by atoms with van der Waals surface area (Å²) >= 11 is 2.37. The van der Waals surface area contributed by atoms with Gasteiger partial charge < -0.3 is 34.7 Å². The normalized spacial score (nSPS) is 15.6. The van der Waals surface area contributed by atoms with Gasteiger partial charge >= 0.3 is 11.4 Å². The van der Waals surface area contributed by atoms with Crippen LogP contribution in [0.25, 0.3) is 30.4 Å². The third kappa shape index (κ3) is 11.8. The van der Waals surface area contributed by atoms with Crippen molar-refractivity contribution >= 4 is 54.9 Å². The zero-order valence-corrected chi connectivity index (χ0v) is 44.3. The minimum atomic E-state index is -0.979. The van der Waals surface area contributed by atoms with Crippen molar-refractivity contribution in [1.82, 2.24) is 59.3 Å². The molecule has 0 aliphatic carbocycles. The molecule has 2 saturated heterocycles. The number of H-pyrrole nitrogens is 1. The predicted molar refractivity (Wildman–Crippen MR) is 281 cm³/mol. The first-order chi connectivity index (χ1) is 38.1. The molecular weight excluding hydrogens is 1070 g/mol. The highest BCUT2D eigenvalue weighted by atomic mass is 32.1. The number of ether oxygens (including phenoxy) is 4. The van der Waals surface area contributed by atoms with E-state index in [1.54, 1.807) is 13.8 Å². The van der Waals surface area contributed by atoms with Gasteiger partial charge in [-0.25, -0.2) is 27.5 Å². The molecule has 4 N–H and O–H groups in total. The molecule has 2 aliphatic heterocycles. The Morgan fingerprint density at radius 2 is 1.19 bits per heavy atom. The number of methoxy groups -OCH3 is 2. The zero-order chi connectivity index (χ0) is 56.5. The Morgan fingerprint density at radius 3 is 1.68 bits per heavy atom. The number of aryl methyl sites for hydroxylation is 2. The van der Waals surface area contributed by atoms with Crippen molar-refractivity contribution in [3.63, 3.8) is 0 Å². The topological polar surface area (TPSA) is 323 Å². The van der Waals surface area contributed by atoms with Crippen LogP contribution in [0.2, 0.25) is 0 Å². The number of hydrogen-bond acceptors (Lipinski definition) is 19. The molecule has 0 saturated carbocycles. The molecule has 29 heteroatoms. The van der Waals surface area contributed by atoms with Gasteiger partial charge in [-0.05, 0) is 63.1 Å². The first-order valence-electron chi connectivity index (χ1n) is 24.3. The number of nitriles is 2. The largest absolute Gasteiger partial charge is 0.496 e. The molecule has 2 aromatic carbocycles. The van der Waals surface area contributed by atoms with Crippen LogP contribution >= 0.6 is 22.7 Å². The lowest BCUT2D eigenvalue weighted by Crippen LogP contribution is -2.44. The van der Waals surface area contributed by atoms with Crippen molar-refractivity contribution in [3.8, 4) is 33.6 Å². The number of aliphatic hydroxyl groups excluding tert-OH is 1. The maximum Gasteiger partial charge on any atom is 0.332 e. The quantitative estimate of drug-likeness (QED) is 0.0948. The number of aromatic amines is 1. The first kappa shape index (κ1) is 56.5. The van der Waals surface area contributed by atoms with Crippen LogP contribution < -0.4 is 42.6 Å². The van der Waals surface area contributed by atoms with Crippen LogP contribution in [0.5, 0.6) is 11.5 Å². The molecule has 0 unspecified atom stereocenters. The molecule has 0 radical (unpaired) electrons. The highest BCUT2D eigenvalue weighted by molar-refractivity contribution is 7.21. The number of nitrogens with zero attached hydrogens (tertiary/aromatic N) is 11. The van der Waals surface area contributed by atoms with Gasteiger partial charge in [0.05, 0.1) is 101 Å². The number of hydrogen-bond donors (Lipinski definition) is 4. The number of aliphatic hydroxyl groups is 1. The molecule has 2 aliphatic rings. The van der Waals surface area contributed by atoms with Crippen LogP contribution in [-0.2, 0) is 25.6 Å². The van der Waals surface area contributed by atoms with E-state index < -0.39 is 64.3 Å². The Kier molecular flexibility index (Phi) is 18.0. The highest BCUT2D eigenvalue weighted by Crippen LogP contribution is 2.35. The average Bonchev–Trinajstić information content (AvgIpc) is 4.49. The summed E-state index contributed by atoms with van der Waals surface area (Å²) in [5.41, 5.74) is -0.353. The lowest BCUT2D eigenvalue weighted by Gasteiger charge is -2.23. The second-order valence-electron chi connectivity index (χ2n) is 17.4. The van der Waals surface area contributed by atoms with Gasteiger partial charge in [-0.3, -0.25) is 28.7 Å². The summed E-state index contributed by atoms with van der Waals surface area (Å²) in [6.45, 7) is 4.03. The minimum Gasteiger partial charge on any atom is -0.496 e. The fourth-order valence-corrected chi connectivity index (χ4v) is 11.3. The van der Waals surface area contributed by atoms with E-state index in [2.05, 4.69) is 36.0 Å². The number of aromatic nitrogens is 10. The molecular formula is C50H50F2N14O11S2. The number of benzene rings is 2. The van der Waals surface area contributed by atoms with E-state index in [-0.39, 0.29) is 56.9 Å². The van der Waals surface area contributed by atoms with Gasteiger partial charge in [-0.2, -0.15) is 30.9 Å². The molecule has 4 atom stereocenters. The number of nitrogens with one attached hydrogen (secondary N) is 3. The van der Waals surface area contributed by atoms with E-state index >= 15 is 0 Å². The highest BCUT2D eigenvalue weighted by Gasteiger charge is 2.34. The summed E-state index contributed by atoms with van der Waals surface area (Å²) < 4.78 is 52.6. The summed E-state index contributed by atoms with van der Waals surface area (Å²) in [7, 11) is 2.89. The number of rotatable bonds is 17. The minimum absolute atomic E-state index is 0.00925. The smallest absolute Gasteiger partial charge is 0.332 e. The van der Waals surface area contributed by atoms with Gasteiger partial charge in [0.25, 0.3) is 11.1 Å². The lowest BCUT2D eigenvalue weighted by molar-refractivity contribution is -0.122. The van der Waals surface area contributed by atoms with E-state index in [1.807, 2.05) is 12.1 Å². The van der Waals surface area contributed by atoms with E-state index in [0.717, 1.165) is 20.5 Å². The lowest BCUT2D eigenvalue weighted by atomic mass is 10.1. The fourth-order valence-electron chi connectivity index (χ4n) is 9.02. The van der Waals surface area contributed by atoms with Crippen molar-refractivity contribution in [2.24, 2.45) is 0 Å². The first-order valence-corrected chi connectivity index (χ1v) is 25.9. The molecule has 6 aromatic heterocycles. The number of carbonyl (C=O) groups excluding carboxylic acids is 2. The SMILES string of the molecule is COc1ccc(F)cc1[C@H](CO)OCCC#N.COc1ccc(F)cc1[C@H](Cn1c(=O)n([C@H]2CCNC2=O)c(=O)c2c(C)c(-n3nccn3)sc21)OCCC#N.Cc1c(-n2nccn2)sc2[nH]c(=O)n([C@H]3CCNC3=O)c(=O)c12. The second kappa shape index (κ2) is 25.2.